The van der Waals surface area contributed by atoms with Crippen LogP contribution in [0.5, 0.6) is 0 Å². The van der Waals surface area contributed by atoms with E-state index in [2.05, 4.69) is 16.0 Å². The molecule has 3 amide bonds. The van der Waals surface area contributed by atoms with Crippen LogP contribution in [0.15, 0.2) is 0 Å². The van der Waals surface area contributed by atoms with Gasteiger partial charge in [0, 0.05) is 0 Å². The highest BCUT2D eigenvalue weighted by molar-refractivity contribution is 7.98. The molecule has 0 saturated heterocycles. The molecule has 0 aromatic heterocycles. The molecule has 3 atom stereocenters. The summed E-state index contributed by atoms with van der Waals surface area (Å²) in [5, 5.41) is 25.2. The van der Waals surface area contributed by atoms with Crippen LogP contribution in [0.4, 0.5) is 0 Å². The molecule has 27 heavy (non-hydrogen) atoms. The monoisotopic (exact) mass is 424 g/mol. The topological polar surface area (TPSA) is 171 Å². The Balaban J connectivity index is 4.78. The summed E-state index contributed by atoms with van der Waals surface area (Å²) in [7, 11) is 0. The molecule has 0 rings (SSSR count). The van der Waals surface area contributed by atoms with Crippen LogP contribution in [0, 0.1) is 0 Å². The number of carboxylic acids is 1. The van der Waals surface area contributed by atoms with Crippen molar-refractivity contribution in [3.8, 4) is 0 Å². The van der Waals surface area contributed by atoms with E-state index in [-0.39, 0.29) is 6.42 Å². The summed E-state index contributed by atoms with van der Waals surface area (Å²) < 4.78 is 0. The second-order valence-electron chi connectivity index (χ2n) is 5.59. The molecular weight excluding hydrogens is 396 g/mol. The molecule has 0 aromatic rings. The standard InChI is InChI=1S/C15H28N4O6S2/c1-26-5-3-10(14(23)19-11(15(24)25)4-6-27-2)18-12(21)7-17-13(22)9(16)8-20/h9-11,20H,3-8,16H2,1-2H3,(H,17,22)(H,18,21)(H,19,23)(H,24,25). The Hall–Kier alpha value is -1.50. The van der Waals surface area contributed by atoms with E-state index in [9.17, 15) is 24.3 Å². The Labute approximate surface area is 166 Å². The lowest BCUT2D eigenvalue weighted by Crippen LogP contribution is -2.54. The third-order valence-electron chi connectivity index (χ3n) is 3.44. The fourth-order valence-electron chi connectivity index (χ4n) is 1.90. The number of aliphatic hydroxyl groups is 1. The third-order valence-corrected chi connectivity index (χ3v) is 4.73. The molecule has 3 unspecified atom stereocenters. The zero-order valence-corrected chi connectivity index (χ0v) is 17.0. The van der Waals surface area contributed by atoms with Gasteiger partial charge in [0.25, 0.3) is 0 Å². The highest BCUT2D eigenvalue weighted by atomic mass is 32.2. The smallest absolute Gasteiger partial charge is 0.326 e. The lowest BCUT2D eigenvalue weighted by Gasteiger charge is -2.21. The van der Waals surface area contributed by atoms with Crippen molar-refractivity contribution in [2.75, 3.05) is 37.2 Å². The van der Waals surface area contributed by atoms with Crippen molar-refractivity contribution in [2.24, 2.45) is 5.73 Å². The van der Waals surface area contributed by atoms with Gasteiger partial charge in [-0.25, -0.2) is 4.79 Å². The molecule has 0 heterocycles. The van der Waals surface area contributed by atoms with Crippen molar-refractivity contribution in [1.29, 1.82) is 0 Å². The predicted octanol–water partition coefficient (Wildman–Crippen LogP) is -2.02. The average molecular weight is 425 g/mol. The number of aliphatic carboxylic acids is 1. The number of carbonyl (C=O) groups excluding carboxylic acids is 3. The van der Waals surface area contributed by atoms with Gasteiger partial charge in [0.15, 0.2) is 0 Å². The van der Waals surface area contributed by atoms with E-state index in [4.69, 9.17) is 10.8 Å². The molecule has 0 spiro atoms. The third kappa shape index (κ3) is 11.1. The van der Waals surface area contributed by atoms with Crippen LogP contribution in [0.25, 0.3) is 0 Å². The SMILES string of the molecule is CSCCC(NC(=O)C(CCSC)NC(=O)CNC(=O)C(N)CO)C(=O)O. The summed E-state index contributed by atoms with van der Waals surface area (Å²) in [4.78, 5) is 47.1. The van der Waals surface area contributed by atoms with Crippen LogP contribution in [0.1, 0.15) is 12.8 Å². The first kappa shape index (κ1) is 25.5. The van der Waals surface area contributed by atoms with Gasteiger partial charge in [0.05, 0.1) is 13.2 Å². The zero-order chi connectivity index (χ0) is 20.8. The van der Waals surface area contributed by atoms with E-state index in [0.717, 1.165) is 0 Å². The number of rotatable bonds is 14. The Kier molecular flexibility index (Phi) is 13.7. The highest BCUT2D eigenvalue weighted by Crippen LogP contribution is 2.05. The van der Waals surface area contributed by atoms with Gasteiger partial charge in [-0.2, -0.15) is 23.5 Å². The molecule has 7 N–H and O–H groups in total. The summed E-state index contributed by atoms with van der Waals surface area (Å²) in [5.41, 5.74) is 5.32. The summed E-state index contributed by atoms with van der Waals surface area (Å²) >= 11 is 2.94. The van der Waals surface area contributed by atoms with Crippen LogP contribution in [0.2, 0.25) is 0 Å². The summed E-state index contributed by atoms with van der Waals surface area (Å²) in [6.07, 6.45) is 4.24. The summed E-state index contributed by atoms with van der Waals surface area (Å²) in [6, 6.07) is -3.11. The number of hydrogen-bond donors (Lipinski definition) is 6. The molecule has 10 nitrogen and oxygen atoms in total. The van der Waals surface area contributed by atoms with Crippen molar-refractivity contribution >= 4 is 47.2 Å². The zero-order valence-electron chi connectivity index (χ0n) is 15.4. The average Bonchev–Trinajstić information content (AvgIpc) is 2.65. The minimum absolute atomic E-state index is 0.264. The Bertz CT molecular complexity index is 509. The van der Waals surface area contributed by atoms with Crippen molar-refractivity contribution in [1.82, 2.24) is 16.0 Å². The largest absolute Gasteiger partial charge is 0.480 e. The quantitative estimate of drug-likeness (QED) is 0.184. The second-order valence-corrected chi connectivity index (χ2v) is 7.56. The number of thioether (sulfide) groups is 2. The van der Waals surface area contributed by atoms with Gasteiger partial charge in [-0.1, -0.05) is 0 Å². The van der Waals surface area contributed by atoms with Crippen molar-refractivity contribution in [3.05, 3.63) is 0 Å². The van der Waals surface area contributed by atoms with Gasteiger partial charge in [0.1, 0.15) is 18.1 Å². The maximum atomic E-state index is 12.4. The molecule has 0 aliphatic heterocycles. The first-order valence-corrected chi connectivity index (χ1v) is 11.0. The van der Waals surface area contributed by atoms with E-state index < -0.39 is 55.0 Å². The van der Waals surface area contributed by atoms with Gasteiger partial charge in [0.2, 0.25) is 17.7 Å². The molecule has 0 aromatic carbocycles. The van der Waals surface area contributed by atoms with Gasteiger partial charge < -0.3 is 31.9 Å². The van der Waals surface area contributed by atoms with E-state index in [0.29, 0.717) is 17.9 Å². The normalized spacial score (nSPS) is 13.9. The summed E-state index contributed by atoms with van der Waals surface area (Å²) in [6.45, 7) is -0.969. The number of aliphatic hydroxyl groups excluding tert-OH is 1. The van der Waals surface area contributed by atoms with Gasteiger partial charge >= 0.3 is 5.97 Å². The maximum absolute atomic E-state index is 12.4. The highest BCUT2D eigenvalue weighted by Gasteiger charge is 2.26. The van der Waals surface area contributed by atoms with Gasteiger partial charge in [-0.3, -0.25) is 14.4 Å². The van der Waals surface area contributed by atoms with Crippen molar-refractivity contribution in [2.45, 2.75) is 31.0 Å². The van der Waals surface area contributed by atoms with Crippen LogP contribution in [-0.4, -0.2) is 89.2 Å². The number of hydrogen-bond acceptors (Lipinski definition) is 8. The molecular formula is C15H28N4O6S2. The van der Waals surface area contributed by atoms with E-state index in [1.807, 2.05) is 12.5 Å². The second kappa shape index (κ2) is 14.5. The lowest BCUT2D eigenvalue weighted by atomic mass is 10.1. The van der Waals surface area contributed by atoms with E-state index in [1.54, 1.807) is 0 Å². The van der Waals surface area contributed by atoms with Crippen LogP contribution in [0.3, 0.4) is 0 Å². The Morgan fingerprint density at radius 2 is 1.52 bits per heavy atom. The lowest BCUT2D eigenvalue weighted by molar-refractivity contribution is -0.142. The Morgan fingerprint density at radius 1 is 0.963 bits per heavy atom. The number of amides is 3. The molecule has 0 aliphatic rings. The first-order chi connectivity index (χ1) is 12.8. The minimum Gasteiger partial charge on any atom is -0.480 e. The number of nitrogens with one attached hydrogen (secondary N) is 3. The summed E-state index contributed by atoms with van der Waals surface area (Å²) in [5.74, 6) is -1.91. The molecule has 0 fully saturated rings. The van der Waals surface area contributed by atoms with Gasteiger partial charge in [-0.15, -0.1) is 0 Å². The first-order valence-electron chi connectivity index (χ1n) is 8.21. The molecule has 12 heteroatoms. The molecule has 0 aliphatic carbocycles. The molecule has 0 bridgehead atoms. The predicted molar refractivity (Wildman–Crippen MR) is 106 cm³/mol. The van der Waals surface area contributed by atoms with Crippen LogP contribution < -0.4 is 21.7 Å². The van der Waals surface area contributed by atoms with E-state index >= 15 is 0 Å². The van der Waals surface area contributed by atoms with E-state index in [1.165, 1.54) is 23.5 Å². The number of carboxylic acid groups (broad SMARTS) is 1. The number of carbonyl (C=O) groups is 4. The minimum atomic E-state index is -1.14. The Morgan fingerprint density at radius 3 is 2.00 bits per heavy atom. The van der Waals surface area contributed by atoms with Crippen molar-refractivity contribution in [3.63, 3.8) is 0 Å². The fraction of sp³-hybridized carbons (Fsp3) is 0.733. The number of nitrogens with two attached hydrogens (primary N) is 1. The molecule has 0 radical (unpaired) electrons. The van der Waals surface area contributed by atoms with Crippen LogP contribution >= 0.6 is 23.5 Å². The fourth-order valence-corrected chi connectivity index (χ4v) is 2.84. The molecule has 0 saturated carbocycles. The maximum Gasteiger partial charge on any atom is 0.326 e. The van der Waals surface area contributed by atoms with Crippen molar-refractivity contribution < 1.29 is 29.4 Å². The molecule has 156 valence electrons. The van der Waals surface area contributed by atoms with Crippen LogP contribution in [-0.2, 0) is 19.2 Å². The van der Waals surface area contributed by atoms with Gasteiger partial charge in [-0.05, 0) is 36.9 Å².